The Labute approximate surface area is 154 Å². The molecule has 1 aliphatic carbocycles. The molecule has 0 aromatic heterocycles. The van der Waals surface area contributed by atoms with Crippen LogP contribution in [-0.2, 0) is 9.53 Å². The first-order chi connectivity index (χ1) is 12.1. The fourth-order valence-electron chi connectivity index (χ4n) is 2.37. The zero-order valence-corrected chi connectivity index (χ0v) is 15.3. The van der Waals surface area contributed by atoms with E-state index in [4.69, 9.17) is 9.47 Å². The summed E-state index contributed by atoms with van der Waals surface area (Å²) in [6.07, 6.45) is 1.25. The Balaban J connectivity index is 1.84. The number of hydrogen-bond donors (Lipinski definition) is 1. The lowest BCUT2D eigenvalue weighted by molar-refractivity contribution is -0.128. The molecule has 0 spiro atoms. The summed E-state index contributed by atoms with van der Waals surface area (Å²) in [6.45, 7) is 0. The van der Waals surface area contributed by atoms with Gasteiger partial charge in [-0.2, -0.15) is 0 Å². The highest BCUT2D eigenvalue weighted by Crippen LogP contribution is 2.31. The number of benzene rings is 2. The summed E-state index contributed by atoms with van der Waals surface area (Å²) < 4.78 is 11.3. The first-order valence-electron chi connectivity index (χ1n) is 7.98. The molecule has 2 aromatic rings. The zero-order chi connectivity index (χ0) is 17.8. The van der Waals surface area contributed by atoms with Gasteiger partial charge in [0.25, 0.3) is 5.91 Å². The number of rotatable bonds is 6. The molecule has 130 valence electrons. The largest absolute Gasteiger partial charge is 0.475 e. The first-order valence-corrected chi connectivity index (χ1v) is 8.77. The van der Waals surface area contributed by atoms with Crippen LogP contribution in [0.25, 0.3) is 0 Å². The molecule has 25 heavy (non-hydrogen) atoms. The zero-order valence-electron chi connectivity index (χ0n) is 13.7. The average molecular weight is 404 g/mol. The second kappa shape index (κ2) is 7.70. The third-order valence-corrected chi connectivity index (χ3v) is 4.48. The summed E-state index contributed by atoms with van der Waals surface area (Å²) in [6, 6.07) is 14.4. The maximum Gasteiger partial charge on any atom is 0.337 e. The van der Waals surface area contributed by atoms with Crippen molar-refractivity contribution in [1.82, 2.24) is 5.32 Å². The van der Waals surface area contributed by atoms with Gasteiger partial charge in [-0.25, -0.2) is 4.79 Å². The lowest BCUT2D eigenvalue weighted by atomic mass is 10.1. The highest BCUT2D eigenvalue weighted by Gasteiger charge is 2.30. The standard InChI is InChI=1S/C19H18BrNO4/c1-24-19(23)13-7-10-16(15(20)11-13)25-17(12-5-3-2-4-6-12)18(22)21-14-8-9-14/h2-7,10-11,14,17H,8-9H2,1H3,(H,21,22). The van der Waals surface area contributed by atoms with Crippen LogP contribution in [0.1, 0.15) is 34.9 Å². The lowest BCUT2D eigenvalue weighted by Crippen LogP contribution is -2.33. The van der Waals surface area contributed by atoms with Gasteiger partial charge in [0.05, 0.1) is 17.1 Å². The van der Waals surface area contributed by atoms with Crippen molar-refractivity contribution in [2.45, 2.75) is 25.0 Å². The Bertz CT molecular complexity index is 774. The predicted octanol–water partition coefficient (Wildman–Crippen LogP) is 3.63. The number of ether oxygens (including phenoxy) is 2. The maximum absolute atomic E-state index is 12.6. The number of hydrogen-bond acceptors (Lipinski definition) is 4. The third kappa shape index (κ3) is 4.39. The molecule has 3 rings (SSSR count). The topological polar surface area (TPSA) is 64.6 Å². The molecule has 0 bridgehead atoms. The van der Waals surface area contributed by atoms with Crippen LogP contribution in [0.5, 0.6) is 5.75 Å². The fraction of sp³-hybridized carbons (Fsp3) is 0.263. The number of nitrogens with one attached hydrogen (secondary N) is 1. The van der Waals surface area contributed by atoms with Gasteiger partial charge in [0.2, 0.25) is 6.10 Å². The second-order valence-electron chi connectivity index (χ2n) is 5.83. The highest BCUT2D eigenvalue weighted by molar-refractivity contribution is 9.10. The molecule has 0 heterocycles. The van der Waals surface area contributed by atoms with Gasteiger partial charge in [0.15, 0.2) is 0 Å². The molecule has 5 nitrogen and oxygen atoms in total. The van der Waals surface area contributed by atoms with Gasteiger partial charge in [-0.3, -0.25) is 4.79 Å². The number of carbonyl (C=O) groups is 2. The Morgan fingerprint density at radius 1 is 1.16 bits per heavy atom. The molecule has 1 N–H and O–H groups in total. The normalized spacial score (nSPS) is 14.5. The summed E-state index contributed by atoms with van der Waals surface area (Å²) in [5.74, 6) is -0.122. The molecule has 0 radical (unpaired) electrons. The maximum atomic E-state index is 12.6. The molecule has 1 amide bonds. The molecule has 1 aliphatic rings. The van der Waals surface area contributed by atoms with Crippen molar-refractivity contribution in [2.24, 2.45) is 0 Å². The number of carbonyl (C=O) groups excluding carboxylic acids is 2. The van der Waals surface area contributed by atoms with Crippen LogP contribution < -0.4 is 10.1 Å². The van der Waals surface area contributed by atoms with Crippen LogP contribution >= 0.6 is 15.9 Å². The van der Waals surface area contributed by atoms with Crippen molar-refractivity contribution < 1.29 is 19.1 Å². The quantitative estimate of drug-likeness (QED) is 0.747. The van der Waals surface area contributed by atoms with Gasteiger partial charge in [-0.05, 0) is 47.0 Å². The molecule has 2 aromatic carbocycles. The Hall–Kier alpha value is -2.34. The van der Waals surface area contributed by atoms with Crippen LogP contribution in [0.3, 0.4) is 0 Å². The summed E-state index contributed by atoms with van der Waals surface area (Å²) in [5.41, 5.74) is 1.17. The summed E-state index contributed by atoms with van der Waals surface area (Å²) >= 11 is 3.39. The minimum Gasteiger partial charge on any atom is -0.475 e. The van der Waals surface area contributed by atoms with Gasteiger partial charge in [-0.1, -0.05) is 30.3 Å². The van der Waals surface area contributed by atoms with Crippen molar-refractivity contribution >= 4 is 27.8 Å². The summed E-state index contributed by atoms with van der Waals surface area (Å²) in [5, 5.41) is 2.98. The van der Waals surface area contributed by atoms with Crippen molar-refractivity contribution in [3.8, 4) is 5.75 Å². The number of halogens is 1. The number of amides is 1. The molecular formula is C19H18BrNO4. The minimum atomic E-state index is -0.762. The lowest BCUT2D eigenvalue weighted by Gasteiger charge is -2.20. The molecule has 6 heteroatoms. The minimum absolute atomic E-state index is 0.169. The first kappa shape index (κ1) is 17.5. The van der Waals surface area contributed by atoms with E-state index in [9.17, 15) is 9.59 Å². The molecular weight excluding hydrogens is 386 g/mol. The van der Waals surface area contributed by atoms with Gasteiger partial charge < -0.3 is 14.8 Å². The van der Waals surface area contributed by atoms with Crippen LogP contribution in [0.15, 0.2) is 53.0 Å². The Kier molecular flexibility index (Phi) is 5.38. The van der Waals surface area contributed by atoms with Crippen LogP contribution in [0.4, 0.5) is 0 Å². The van der Waals surface area contributed by atoms with E-state index in [-0.39, 0.29) is 11.9 Å². The Morgan fingerprint density at radius 3 is 2.48 bits per heavy atom. The highest BCUT2D eigenvalue weighted by atomic mass is 79.9. The molecule has 1 saturated carbocycles. The molecule has 1 atom stereocenters. The van der Waals surface area contributed by atoms with Gasteiger partial charge in [-0.15, -0.1) is 0 Å². The van der Waals surface area contributed by atoms with E-state index < -0.39 is 12.1 Å². The van der Waals surface area contributed by atoms with Crippen LogP contribution in [0.2, 0.25) is 0 Å². The van der Waals surface area contributed by atoms with E-state index in [1.807, 2.05) is 30.3 Å². The summed E-state index contributed by atoms with van der Waals surface area (Å²) in [4.78, 5) is 24.2. The average Bonchev–Trinajstić information content (AvgIpc) is 3.44. The smallest absolute Gasteiger partial charge is 0.337 e. The predicted molar refractivity (Wildman–Crippen MR) is 96.5 cm³/mol. The molecule has 1 unspecified atom stereocenters. The van der Waals surface area contributed by atoms with Gasteiger partial charge in [0, 0.05) is 11.6 Å². The molecule has 0 saturated heterocycles. The number of esters is 1. The number of methoxy groups -OCH3 is 1. The van der Waals surface area contributed by atoms with E-state index in [0.717, 1.165) is 18.4 Å². The fourth-order valence-corrected chi connectivity index (χ4v) is 2.85. The van der Waals surface area contributed by atoms with Crippen molar-refractivity contribution in [1.29, 1.82) is 0 Å². The van der Waals surface area contributed by atoms with Crippen molar-refractivity contribution in [2.75, 3.05) is 7.11 Å². The van der Waals surface area contributed by atoms with Crippen LogP contribution in [0, 0.1) is 0 Å². The van der Waals surface area contributed by atoms with Crippen molar-refractivity contribution in [3.63, 3.8) is 0 Å². The molecule has 1 fully saturated rings. The second-order valence-corrected chi connectivity index (χ2v) is 6.68. The van der Waals surface area contributed by atoms with E-state index in [1.165, 1.54) is 7.11 Å². The SMILES string of the molecule is COC(=O)c1ccc(OC(C(=O)NC2CC2)c2ccccc2)c(Br)c1. The van der Waals surface area contributed by atoms with E-state index >= 15 is 0 Å². The van der Waals surface area contributed by atoms with E-state index in [2.05, 4.69) is 21.2 Å². The van der Waals surface area contributed by atoms with Crippen molar-refractivity contribution in [3.05, 3.63) is 64.1 Å². The van der Waals surface area contributed by atoms with Gasteiger partial charge >= 0.3 is 5.97 Å². The Morgan fingerprint density at radius 2 is 1.88 bits per heavy atom. The molecule has 0 aliphatic heterocycles. The summed E-state index contributed by atoms with van der Waals surface area (Å²) in [7, 11) is 1.33. The van der Waals surface area contributed by atoms with Gasteiger partial charge in [0.1, 0.15) is 5.75 Å². The van der Waals surface area contributed by atoms with E-state index in [1.54, 1.807) is 18.2 Å². The van der Waals surface area contributed by atoms with E-state index in [0.29, 0.717) is 15.8 Å². The third-order valence-electron chi connectivity index (χ3n) is 3.86. The monoisotopic (exact) mass is 403 g/mol. The van der Waals surface area contributed by atoms with Crippen LogP contribution in [-0.4, -0.2) is 25.0 Å².